The van der Waals surface area contributed by atoms with Gasteiger partial charge in [-0.1, -0.05) is 35.9 Å². The summed E-state index contributed by atoms with van der Waals surface area (Å²) < 4.78 is 0. The topological polar surface area (TPSA) is 47.3 Å². The van der Waals surface area contributed by atoms with Crippen LogP contribution in [0.1, 0.15) is 22.0 Å². The summed E-state index contributed by atoms with van der Waals surface area (Å²) in [6.45, 7) is 4.90. The predicted molar refractivity (Wildman–Crippen MR) is 95.7 cm³/mol. The van der Waals surface area contributed by atoms with Crippen LogP contribution < -0.4 is 0 Å². The molecule has 1 atom stereocenters. The maximum absolute atomic E-state index is 12.4. The van der Waals surface area contributed by atoms with Gasteiger partial charge in [-0.2, -0.15) is 5.26 Å². The van der Waals surface area contributed by atoms with Crippen molar-refractivity contribution in [2.75, 3.05) is 26.2 Å². The highest BCUT2D eigenvalue weighted by Crippen LogP contribution is 2.22. The third-order valence-electron chi connectivity index (χ3n) is 4.45. The molecule has 5 heteroatoms. The molecule has 0 aliphatic carbocycles. The van der Waals surface area contributed by atoms with Gasteiger partial charge in [0.15, 0.2) is 0 Å². The molecule has 124 valence electrons. The van der Waals surface area contributed by atoms with Gasteiger partial charge in [-0.05, 0) is 23.9 Å². The molecule has 1 aliphatic rings. The Morgan fingerprint density at radius 2 is 1.92 bits per heavy atom. The van der Waals surface area contributed by atoms with Crippen molar-refractivity contribution >= 4 is 17.2 Å². The number of carbonyl (C=O) groups excluding carboxylic acids is 1. The van der Waals surface area contributed by atoms with Crippen LogP contribution in [0.3, 0.4) is 0 Å². The smallest absolute Gasteiger partial charge is 0.227 e. The molecule has 1 aliphatic heterocycles. The number of benzene rings is 1. The van der Waals surface area contributed by atoms with Gasteiger partial charge in [-0.3, -0.25) is 9.69 Å². The maximum Gasteiger partial charge on any atom is 0.227 e. The molecule has 2 aromatic rings. The van der Waals surface area contributed by atoms with Crippen LogP contribution in [0.2, 0.25) is 0 Å². The molecule has 1 amide bonds. The van der Waals surface area contributed by atoms with E-state index in [9.17, 15) is 10.1 Å². The number of amides is 1. The summed E-state index contributed by atoms with van der Waals surface area (Å²) in [5, 5.41) is 11.6. The standard InChI is InChI=1S/C19H21N3OS/c1-15-4-6-16(7-5-15)18(14-20)21-8-10-22(11-9-21)19(23)13-17-3-2-12-24-17/h2-7,12,18H,8-11,13H2,1H3. The van der Waals surface area contributed by atoms with Crippen molar-refractivity contribution in [3.05, 3.63) is 57.8 Å². The Balaban J connectivity index is 1.58. The molecule has 0 saturated carbocycles. The fourth-order valence-corrected chi connectivity index (χ4v) is 3.72. The number of nitriles is 1. The molecule has 3 rings (SSSR count). The van der Waals surface area contributed by atoms with Crippen molar-refractivity contribution in [2.24, 2.45) is 0 Å². The SMILES string of the molecule is Cc1ccc(C(C#N)N2CCN(C(=O)Cc3cccs3)CC2)cc1. The van der Waals surface area contributed by atoms with Crippen LogP contribution in [-0.4, -0.2) is 41.9 Å². The average Bonchev–Trinajstić information content (AvgIpc) is 3.11. The van der Waals surface area contributed by atoms with E-state index < -0.39 is 0 Å². The Kier molecular flexibility index (Phi) is 5.29. The lowest BCUT2D eigenvalue weighted by molar-refractivity contribution is -0.132. The van der Waals surface area contributed by atoms with Crippen LogP contribution in [0.5, 0.6) is 0 Å². The lowest BCUT2D eigenvalue weighted by Gasteiger charge is -2.37. The second-order valence-corrected chi connectivity index (χ2v) is 7.15. The van der Waals surface area contributed by atoms with E-state index in [1.54, 1.807) is 11.3 Å². The Morgan fingerprint density at radius 1 is 1.21 bits per heavy atom. The Labute approximate surface area is 146 Å². The molecule has 1 fully saturated rings. The second kappa shape index (κ2) is 7.61. The average molecular weight is 339 g/mol. The van der Waals surface area contributed by atoms with Crippen molar-refractivity contribution in [3.8, 4) is 6.07 Å². The summed E-state index contributed by atoms with van der Waals surface area (Å²) in [4.78, 5) is 17.6. The summed E-state index contributed by atoms with van der Waals surface area (Å²) >= 11 is 1.62. The molecule has 1 unspecified atom stereocenters. The van der Waals surface area contributed by atoms with Crippen molar-refractivity contribution in [1.29, 1.82) is 5.26 Å². The Hall–Kier alpha value is -2.16. The van der Waals surface area contributed by atoms with E-state index in [-0.39, 0.29) is 11.9 Å². The van der Waals surface area contributed by atoms with E-state index in [2.05, 4.69) is 11.0 Å². The number of piperazine rings is 1. The molecule has 0 spiro atoms. The van der Waals surface area contributed by atoms with Gasteiger partial charge in [0.25, 0.3) is 0 Å². The summed E-state index contributed by atoms with van der Waals surface area (Å²) in [5.41, 5.74) is 2.22. The molecule has 1 aromatic carbocycles. The highest BCUT2D eigenvalue weighted by atomic mass is 32.1. The van der Waals surface area contributed by atoms with E-state index >= 15 is 0 Å². The van der Waals surface area contributed by atoms with Gasteiger partial charge in [-0.15, -0.1) is 11.3 Å². The summed E-state index contributed by atoms with van der Waals surface area (Å²) in [6, 6.07) is 14.3. The first kappa shape index (κ1) is 16.7. The third-order valence-corrected chi connectivity index (χ3v) is 5.33. The van der Waals surface area contributed by atoms with Crippen LogP contribution in [0, 0.1) is 18.3 Å². The van der Waals surface area contributed by atoms with Gasteiger partial charge < -0.3 is 4.90 Å². The number of carbonyl (C=O) groups is 1. The monoisotopic (exact) mass is 339 g/mol. The fourth-order valence-electron chi connectivity index (χ4n) is 3.02. The van der Waals surface area contributed by atoms with E-state index in [0.29, 0.717) is 19.5 Å². The van der Waals surface area contributed by atoms with Gasteiger partial charge >= 0.3 is 0 Å². The van der Waals surface area contributed by atoms with Gasteiger partial charge in [-0.25, -0.2) is 0 Å². The largest absolute Gasteiger partial charge is 0.340 e. The first-order chi connectivity index (χ1) is 11.7. The van der Waals surface area contributed by atoms with Crippen LogP contribution in [0.25, 0.3) is 0 Å². The highest BCUT2D eigenvalue weighted by molar-refractivity contribution is 7.10. The summed E-state index contributed by atoms with van der Waals surface area (Å²) in [6.07, 6.45) is 0.483. The molecule has 0 bridgehead atoms. The number of thiophene rings is 1. The third kappa shape index (κ3) is 3.84. The Morgan fingerprint density at radius 3 is 2.50 bits per heavy atom. The zero-order chi connectivity index (χ0) is 16.9. The van der Waals surface area contributed by atoms with Crippen LogP contribution in [-0.2, 0) is 11.2 Å². The molecule has 1 saturated heterocycles. The number of nitrogens with zero attached hydrogens (tertiary/aromatic N) is 3. The second-order valence-electron chi connectivity index (χ2n) is 6.12. The van der Waals surface area contributed by atoms with Crippen LogP contribution in [0.15, 0.2) is 41.8 Å². The molecule has 24 heavy (non-hydrogen) atoms. The van der Waals surface area contributed by atoms with Gasteiger partial charge in [0, 0.05) is 31.1 Å². The van der Waals surface area contributed by atoms with E-state index in [0.717, 1.165) is 23.5 Å². The molecular formula is C19H21N3OS. The van der Waals surface area contributed by atoms with Gasteiger partial charge in [0.05, 0.1) is 12.5 Å². The van der Waals surface area contributed by atoms with E-state index in [1.165, 1.54) is 5.56 Å². The van der Waals surface area contributed by atoms with Gasteiger partial charge in [0.2, 0.25) is 5.91 Å². The minimum Gasteiger partial charge on any atom is -0.340 e. The van der Waals surface area contributed by atoms with Crippen LogP contribution >= 0.6 is 11.3 Å². The number of rotatable bonds is 4. The van der Waals surface area contributed by atoms with Crippen LogP contribution in [0.4, 0.5) is 0 Å². The molecule has 2 heterocycles. The van der Waals surface area contributed by atoms with Crippen molar-refractivity contribution < 1.29 is 4.79 Å². The first-order valence-corrected chi connectivity index (χ1v) is 9.06. The molecule has 0 N–H and O–H groups in total. The molecular weight excluding hydrogens is 318 g/mol. The highest BCUT2D eigenvalue weighted by Gasteiger charge is 2.27. The molecule has 0 radical (unpaired) electrons. The zero-order valence-corrected chi connectivity index (χ0v) is 14.6. The molecule has 4 nitrogen and oxygen atoms in total. The lowest BCUT2D eigenvalue weighted by atomic mass is 10.0. The number of aryl methyl sites for hydroxylation is 1. The zero-order valence-electron chi connectivity index (χ0n) is 13.8. The maximum atomic E-state index is 12.4. The first-order valence-electron chi connectivity index (χ1n) is 8.18. The Bertz CT molecular complexity index is 710. The number of hydrogen-bond donors (Lipinski definition) is 0. The van der Waals surface area contributed by atoms with E-state index in [4.69, 9.17) is 0 Å². The van der Waals surface area contributed by atoms with E-state index in [1.807, 2.05) is 53.6 Å². The fraction of sp³-hybridized carbons (Fsp3) is 0.368. The minimum atomic E-state index is -0.236. The lowest BCUT2D eigenvalue weighted by Crippen LogP contribution is -2.49. The van der Waals surface area contributed by atoms with Gasteiger partial charge in [0.1, 0.15) is 6.04 Å². The predicted octanol–water partition coefficient (Wildman–Crippen LogP) is 3.01. The quantitative estimate of drug-likeness (QED) is 0.860. The number of hydrogen-bond acceptors (Lipinski definition) is 4. The normalized spacial score (nSPS) is 16.6. The van der Waals surface area contributed by atoms with Crippen molar-refractivity contribution in [2.45, 2.75) is 19.4 Å². The minimum absolute atomic E-state index is 0.181. The van der Waals surface area contributed by atoms with Crippen molar-refractivity contribution in [1.82, 2.24) is 9.80 Å². The summed E-state index contributed by atoms with van der Waals surface area (Å²) in [7, 11) is 0. The van der Waals surface area contributed by atoms with Crippen molar-refractivity contribution in [3.63, 3.8) is 0 Å². The summed E-state index contributed by atoms with van der Waals surface area (Å²) in [5.74, 6) is 0.181. The molecule has 1 aromatic heterocycles.